The molecule has 1 fully saturated rings. The third kappa shape index (κ3) is 7.37. The molecule has 0 aliphatic heterocycles. The van der Waals surface area contributed by atoms with Gasteiger partial charge in [-0.2, -0.15) is 0 Å². The normalized spacial score (nSPS) is 16.0. The van der Waals surface area contributed by atoms with Crippen molar-refractivity contribution in [3.63, 3.8) is 0 Å². The molecule has 0 bridgehead atoms. The molecule has 132 valence electrons. The molecule has 0 amide bonds. The first-order valence-electron chi connectivity index (χ1n) is 8.64. The van der Waals surface area contributed by atoms with E-state index in [0.29, 0.717) is 0 Å². The second-order valence-corrected chi connectivity index (χ2v) is 7.44. The standard InChI is InChI=1S/C17H30N4S.HI/c1-4-18-17(19-11-10-15-8-6-5-7-9-15)20-12-16-13(2)21-14(3)22-16;/h15H,4-12H2,1-3H3,(H2,18,19,20);1H. The number of guanidine groups is 1. The first kappa shape index (κ1) is 20.7. The maximum Gasteiger partial charge on any atom is 0.191 e. The maximum atomic E-state index is 4.71. The maximum absolute atomic E-state index is 4.71. The summed E-state index contributed by atoms with van der Waals surface area (Å²) in [4.78, 5) is 10.4. The van der Waals surface area contributed by atoms with Gasteiger partial charge in [0.25, 0.3) is 0 Å². The van der Waals surface area contributed by atoms with Crippen LogP contribution < -0.4 is 10.6 Å². The summed E-state index contributed by atoms with van der Waals surface area (Å²) >= 11 is 1.75. The number of nitrogens with one attached hydrogen (secondary N) is 2. The monoisotopic (exact) mass is 450 g/mol. The highest BCUT2D eigenvalue weighted by Gasteiger charge is 2.13. The number of nitrogens with zero attached hydrogens (tertiary/aromatic N) is 2. The minimum Gasteiger partial charge on any atom is -0.357 e. The van der Waals surface area contributed by atoms with Crippen molar-refractivity contribution < 1.29 is 0 Å². The Morgan fingerprint density at radius 3 is 2.57 bits per heavy atom. The summed E-state index contributed by atoms with van der Waals surface area (Å²) in [5, 5.41) is 7.95. The number of thiazole rings is 1. The van der Waals surface area contributed by atoms with Gasteiger partial charge >= 0.3 is 0 Å². The minimum atomic E-state index is 0. The second kappa shape index (κ2) is 11.2. The molecule has 1 aliphatic rings. The molecule has 1 aromatic heterocycles. The molecule has 0 aromatic carbocycles. The summed E-state index contributed by atoms with van der Waals surface area (Å²) in [6, 6.07) is 0. The highest BCUT2D eigenvalue weighted by atomic mass is 127. The molecule has 4 nitrogen and oxygen atoms in total. The zero-order valence-corrected chi connectivity index (χ0v) is 17.8. The Balaban J connectivity index is 0.00000264. The number of hydrogen-bond acceptors (Lipinski definition) is 3. The number of rotatable bonds is 6. The van der Waals surface area contributed by atoms with Crippen LogP contribution in [0.1, 0.15) is 61.0 Å². The third-order valence-electron chi connectivity index (χ3n) is 4.29. The van der Waals surface area contributed by atoms with Crippen LogP contribution >= 0.6 is 35.3 Å². The lowest BCUT2D eigenvalue weighted by Crippen LogP contribution is -2.38. The fourth-order valence-electron chi connectivity index (χ4n) is 3.08. The minimum absolute atomic E-state index is 0. The number of halogens is 1. The molecular formula is C17H31IN4S. The molecule has 1 heterocycles. The Hall–Kier alpha value is -0.370. The van der Waals surface area contributed by atoms with Gasteiger partial charge in [0.15, 0.2) is 5.96 Å². The van der Waals surface area contributed by atoms with Gasteiger partial charge in [-0.3, -0.25) is 0 Å². The van der Waals surface area contributed by atoms with Crippen molar-refractivity contribution in [2.45, 2.75) is 65.8 Å². The van der Waals surface area contributed by atoms with E-state index in [2.05, 4.69) is 36.4 Å². The predicted molar refractivity (Wildman–Crippen MR) is 111 cm³/mol. The van der Waals surface area contributed by atoms with Crippen molar-refractivity contribution in [1.82, 2.24) is 15.6 Å². The third-order valence-corrected chi connectivity index (χ3v) is 5.35. The largest absolute Gasteiger partial charge is 0.357 e. The molecule has 0 unspecified atom stereocenters. The fourth-order valence-corrected chi connectivity index (χ4v) is 3.94. The first-order valence-corrected chi connectivity index (χ1v) is 9.45. The van der Waals surface area contributed by atoms with Gasteiger partial charge in [0.05, 0.1) is 17.2 Å². The second-order valence-electron chi connectivity index (χ2n) is 6.16. The average Bonchev–Trinajstić information content (AvgIpc) is 2.84. The molecule has 1 aromatic rings. The van der Waals surface area contributed by atoms with Crippen molar-refractivity contribution in [2.24, 2.45) is 10.9 Å². The Bertz CT molecular complexity index is 481. The Kier molecular flexibility index (Phi) is 10.1. The van der Waals surface area contributed by atoms with Crippen LogP contribution in [0.2, 0.25) is 0 Å². The van der Waals surface area contributed by atoms with E-state index >= 15 is 0 Å². The molecule has 0 atom stereocenters. The average molecular weight is 450 g/mol. The van der Waals surface area contributed by atoms with Gasteiger partial charge in [0.1, 0.15) is 0 Å². The Morgan fingerprint density at radius 2 is 1.96 bits per heavy atom. The lowest BCUT2D eigenvalue weighted by Gasteiger charge is -2.22. The summed E-state index contributed by atoms with van der Waals surface area (Å²) in [6.45, 7) is 8.87. The van der Waals surface area contributed by atoms with Gasteiger partial charge < -0.3 is 10.6 Å². The Morgan fingerprint density at radius 1 is 1.22 bits per heavy atom. The van der Waals surface area contributed by atoms with E-state index < -0.39 is 0 Å². The molecule has 2 N–H and O–H groups in total. The Labute approximate surface area is 162 Å². The highest BCUT2D eigenvalue weighted by molar-refractivity contribution is 14.0. The summed E-state index contributed by atoms with van der Waals surface area (Å²) in [5.41, 5.74) is 1.12. The summed E-state index contributed by atoms with van der Waals surface area (Å²) in [6.07, 6.45) is 8.36. The number of aromatic nitrogens is 1. The predicted octanol–water partition coefficient (Wildman–Crippen LogP) is 4.40. The van der Waals surface area contributed by atoms with E-state index in [4.69, 9.17) is 4.99 Å². The van der Waals surface area contributed by atoms with E-state index in [-0.39, 0.29) is 24.0 Å². The molecule has 0 radical (unpaired) electrons. The van der Waals surface area contributed by atoms with Crippen LogP contribution in [0.5, 0.6) is 0 Å². The zero-order valence-electron chi connectivity index (χ0n) is 14.7. The van der Waals surface area contributed by atoms with E-state index in [1.807, 2.05) is 0 Å². The molecule has 1 aliphatic carbocycles. The van der Waals surface area contributed by atoms with Gasteiger partial charge in [-0.05, 0) is 33.1 Å². The summed E-state index contributed by atoms with van der Waals surface area (Å²) < 4.78 is 0. The molecule has 0 saturated heterocycles. The van der Waals surface area contributed by atoms with Gasteiger partial charge in [-0.15, -0.1) is 35.3 Å². The quantitative estimate of drug-likeness (QED) is 0.384. The molecule has 23 heavy (non-hydrogen) atoms. The topological polar surface area (TPSA) is 49.3 Å². The van der Waals surface area contributed by atoms with Crippen LogP contribution in [-0.4, -0.2) is 24.0 Å². The van der Waals surface area contributed by atoms with Crippen LogP contribution in [-0.2, 0) is 6.54 Å². The van der Waals surface area contributed by atoms with Crippen LogP contribution in [0.25, 0.3) is 0 Å². The van der Waals surface area contributed by atoms with Gasteiger partial charge in [0.2, 0.25) is 0 Å². The van der Waals surface area contributed by atoms with E-state index in [0.717, 1.165) is 42.2 Å². The number of aryl methyl sites for hydroxylation is 2. The first-order chi connectivity index (χ1) is 10.7. The highest BCUT2D eigenvalue weighted by Crippen LogP contribution is 2.25. The number of hydrogen-bond donors (Lipinski definition) is 2. The van der Waals surface area contributed by atoms with E-state index in [1.165, 1.54) is 43.4 Å². The molecular weight excluding hydrogens is 419 g/mol. The van der Waals surface area contributed by atoms with Gasteiger partial charge in [0, 0.05) is 18.0 Å². The van der Waals surface area contributed by atoms with Crippen molar-refractivity contribution in [3.8, 4) is 0 Å². The van der Waals surface area contributed by atoms with Crippen LogP contribution in [0, 0.1) is 19.8 Å². The summed E-state index contributed by atoms with van der Waals surface area (Å²) in [7, 11) is 0. The molecule has 6 heteroatoms. The lowest BCUT2D eigenvalue weighted by atomic mass is 9.87. The van der Waals surface area contributed by atoms with E-state index in [1.54, 1.807) is 11.3 Å². The van der Waals surface area contributed by atoms with Crippen molar-refractivity contribution in [1.29, 1.82) is 0 Å². The van der Waals surface area contributed by atoms with Gasteiger partial charge in [-0.1, -0.05) is 32.1 Å². The van der Waals surface area contributed by atoms with Crippen molar-refractivity contribution in [3.05, 3.63) is 15.6 Å². The van der Waals surface area contributed by atoms with E-state index in [9.17, 15) is 0 Å². The lowest BCUT2D eigenvalue weighted by molar-refractivity contribution is 0.339. The zero-order chi connectivity index (χ0) is 15.8. The van der Waals surface area contributed by atoms with Crippen LogP contribution in [0.3, 0.4) is 0 Å². The SMILES string of the molecule is CCNC(=NCc1sc(C)nc1C)NCCC1CCCCC1.I. The molecule has 2 rings (SSSR count). The summed E-state index contributed by atoms with van der Waals surface area (Å²) in [5.74, 6) is 1.85. The number of aliphatic imine (C=N–C) groups is 1. The van der Waals surface area contributed by atoms with Gasteiger partial charge in [-0.25, -0.2) is 9.98 Å². The van der Waals surface area contributed by atoms with Crippen LogP contribution in [0.4, 0.5) is 0 Å². The smallest absolute Gasteiger partial charge is 0.191 e. The molecule has 0 spiro atoms. The fraction of sp³-hybridized carbons (Fsp3) is 0.765. The van der Waals surface area contributed by atoms with Crippen LogP contribution in [0.15, 0.2) is 4.99 Å². The van der Waals surface area contributed by atoms with Crippen molar-refractivity contribution >= 4 is 41.3 Å². The molecule has 1 saturated carbocycles. The van der Waals surface area contributed by atoms with Crippen molar-refractivity contribution in [2.75, 3.05) is 13.1 Å².